The second-order valence-electron chi connectivity index (χ2n) is 10.8. The first-order valence-corrected chi connectivity index (χ1v) is 13.7. The van der Waals surface area contributed by atoms with Crippen molar-refractivity contribution < 1.29 is 28.2 Å². The summed E-state index contributed by atoms with van der Waals surface area (Å²) in [6, 6.07) is 23.5. The molecule has 0 bridgehead atoms. The molecule has 3 aliphatic rings. The number of anilines is 1. The molecule has 0 aromatic heterocycles. The van der Waals surface area contributed by atoms with Crippen LogP contribution in [0.5, 0.6) is 11.5 Å². The molecule has 4 aromatic rings. The fourth-order valence-corrected chi connectivity index (χ4v) is 7.14. The molecular formula is C35H26FNO5. The van der Waals surface area contributed by atoms with E-state index in [0.29, 0.717) is 45.0 Å². The predicted octanol–water partition coefficient (Wildman–Crippen LogP) is 6.16. The fraction of sp³-hybridized carbons (Fsp3) is 0.171. The largest absolute Gasteiger partial charge is 0.493 e. The van der Waals surface area contributed by atoms with Crippen molar-refractivity contribution in [3.05, 3.63) is 131 Å². The number of halogens is 1. The molecule has 7 heteroatoms. The van der Waals surface area contributed by atoms with Gasteiger partial charge in [-0.05, 0) is 35.9 Å². The first kappa shape index (κ1) is 25.9. The minimum atomic E-state index is -1.67. The lowest BCUT2D eigenvalue weighted by molar-refractivity contribution is 0.0665. The summed E-state index contributed by atoms with van der Waals surface area (Å²) in [7, 11) is 3.04. The molecule has 1 fully saturated rings. The highest BCUT2D eigenvalue weighted by molar-refractivity contribution is 6.32. The van der Waals surface area contributed by atoms with Gasteiger partial charge in [0, 0.05) is 33.9 Å². The zero-order valence-corrected chi connectivity index (χ0v) is 22.9. The zero-order valence-electron chi connectivity index (χ0n) is 22.9. The van der Waals surface area contributed by atoms with Gasteiger partial charge < -0.3 is 14.4 Å². The number of nitrogens with zero attached hydrogens (tertiary/aromatic N) is 1. The maximum atomic E-state index is 14.7. The zero-order chi connectivity index (χ0) is 29.2. The molecule has 1 saturated heterocycles. The molecule has 1 unspecified atom stereocenters. The quantitative estimate of drug-likeness (QED) is 0.216. The molecule has 42 heavy (non-hydrogen) atoms. The highest BCUT2D eigenvalue weighted by atomic mass is 19.1. The van der Waals surface area contributed by atoms with Gasteiger partial charge in [0.25, 0.3) is 0 Å². The van der Waals surface area contributed by atoms with Crippen LogP contribution in [-0.2, 0) is 0 Å². The van der Waals surface area contributed by atoms with E-state index in [1.54, 1.807) is 84.9 Å². The summed E-state index contributed by atoms with van der Waals surface area (Å²) in [4.78, 5) is 45.9. The van der Waals surface area contributed by atoms with Crippen LogP contribution in [0.25, 0.3) is 6.08 Å². The number of fused-ring (bicyclic) bond motifs is 5. The SMILES string of the molecule is COc1ccc([C@H]2[C@H](C(=O)c3ccccc3)N3c4ccc(F)cc4C=CC3C23C(=O)c2ccccc2C3=O)cc1OC. The van der Waals surface area contributed by atoms with E-state index in [0.717, 1.165) is 0 Å². The Bertz CT molecular complexity index is 1780. The summed E-state index contributed by atoms with van der Waals surface area (Å²) in [5.41, 5.74) is 1.17. The molecule has 208 valence electrons. The van der Waals surface area contributed by atoms with Crippen molar-refractivity contribution in [2.75, 3.05) is 19.1 Å². The van der Waals surface area contributed by atoms with Gasteiger partial charge in [0.2, 0.25) is 0 Å². The highest BCUT2D eigenvalue weighted by Crippen LogP contribution is 2.61. The van der Waals surface area contributed by atoms with Gasteiger partial charge in [-0.25, -0.2) is 4.39 Å². The van der Waals surface area contributed by atoms with Gasteiger partial charge >= 0.3 is 0 Å². The van der Waals surface area contributed by atoms with Crippen LogP contribution in [0.15, 0.2) is 97.1 Å². The minimum absolute atomic E-state index is 0.251. The van der Waals surface area contributed by atoms with Crippen molar-refractivity contribution in [3.8, 4) is 11.5 Å². The van der Waals surface area contributed by atoms with Crippen LogP contribution in [0.2, 0.25) is 0 Å². The number of hydrogen-bond acceptors (Lipinski definition) is 6. The summed E-state index contributed by atoms with van der Waals surface area (Å²) in [5, 5.41) is 0. The van der Waals surface area contributed by atoms with Gasteiger partial charge in [-0.2, -0.15) is 0 Å². The number of carbonyl (C=O) groups is 3. The van der Waals surface area contributed by atoms with E-state index >= 15 is 0 Å². The lowest BCUT2D eigenvalue weighted by Crippen LogP contribution is -2.48. The molecule has 6 nitrogen and oxygen atoms in total. The topological polar surface area (TPSA) is 72.9 Å². The summed E-state index contributed by atoms with van der Waals surface area (Å²) in [5.74, 6) is -1.37. The lowest BCUT2D eigenvalue weighted by Gasteiger charge is -2.37. The Morgan fingerprint density at radius 3 is 2.14 bits per heavy atom. The Morgan fingerprint density at radius 2 is 1.48 bits per heavy atom. The number of methoxy groups -OCH3 is 2. The average molecular weight is 560 g/mol. The Hall–Kier alpha value is -5.04. The number of benzene rings is 4. The van der Waals surface area contributed by atoms with Crippen molar-refractivity contribution >= 4 is 29.1 Å². The molecule has 7 rings (SSSR count). The Balaban J connectivity index is 1.56. The molecule has 2 aliphatic heterocycles. The molecule has 4 aromatic carbocycles. The maximum Gasteiger partial charge on any atom is 0.185 e. The number of hydrogen-bond donors (Lipinski definition) is 0. The summed E-state index contributed by atoms with van der Waals surface area (Å²) in [6.45, 7) is 0. The van der Waals surface area contributed by atoms with Crippen LogP contribution in [0.3, 0.4) is 0 Å². The molecule has 0 amide bonds. The fourth-order valence-electron chi connectivity index (χ4n) is 7.14. The molecule has 3 atom stereocenters. The van der Waals surface area contributed by atoms with Crippen LogP contribution in [0.1, 0.15) is 48.1 Å². The molecule has 1 aliphatic carbocycles. The Morgan fingerprint density at radius 1 is 0.810 bits per heavy atom. The molecule has 1 spiro atoms. The number of carbonyl (C=O) groups excluding carboxylic acids is 3. The second kappa shape index (κ2) is 9.52. The minimum Gasteiger partial charge on any atom is -0.493 e. The molecule has 2 heterocycles. The van der Waals surface area contributed by atoms with E-state index < -0.39 is 29.2 Å². The molecular weight excluding hydrogens is 533 g/mol. The van der Waals surface area contributed by atoms with Crippen LogP contribution in [-0.4, -0.2) is 43.7 Å². The third kappa shape index (κ3) is 3.40. The van der Waals surface area contributed by atoms with Crippen molar-refractivity contribution in [2.45, 2.75) is 18.0 Å². The van der Waals surface area contributed by atoms with E-state index in [1.165, 1.54) is 26.4 Å². The van der Waals surface area contributed by atoms with E-state index in [4.69, 9.17) is 9.47 Å². The normalized spacial score (nSPS) is 21.2. The Labute approximate surface area is 242 Å². The number of ketones is 3. The Kier molecular flexibility index (Phi) is 5.87. The van der Waals surface area contributed by atoms with Crippen LogP contribution >= 0.6 is 0 Å². The number of ether oxygens (including phenoxy) is 2. The second-order valence-corrected chi connectivity index (χ2v) is 10.8. The smallest absolute Gasteiger partial charge is 0.185 e. The van der Waals surface area contributed by atoms with E-state index in [2.05, 4.69) is 0 Å². The van der Waals surface area contributed by atoms with E-state index in [9.17, 15) is 18.8 Å². The summed E-state index contributed by atoms with van der Waals surface area (Å²) in [6.07, 6.45) is 3.52. The monoisotopic (exact) mass is 559 g/mol. The van der Waals surface area contributed by atoms with Gasteiger partial charge in [-0.3, -0.25) is 14.4 Å². The average Bonchev–Trinajstić information content (AvgIpc) is 3.46. The van der Waals surface area contributed by atoms with Crippen LogP contribution < -0.4 is 14.4 Å². The highest BCUT2D eigenvalue weighted by Gasteiger charge is 2.71. The van der Waals surface area contributed by atoms with Crippen molar-refractivity contribution in [3.63, 3.8) is 0 Å². The molecule has 0 saturated carbocycles. The van der Waals surface area contributed by atoms with Gasteiger partial charge in [-0.15, -0.1) is 0 Å². The molecule has 0 radical (unpaired) electrons. The maximum absolute atomic E-state index is 14.7. The van der Waals surface area contributed by atoms with Gasteiger partial charge in [-0.1, -0.05) is 72.8 Å². The first-order valence-electron chi connectivity index (χ1n) is 13.7. The standard InChI is InChI=1S/C35H26FNO5/c1-41-27-16-12-22(19-28(27)42-2)30-31(32(38)20-8-4-3-5-9-20)37-26-15-14-23(36)18-21(26)13-17-29(37)35(30)33(39)24-10-6-7-11-25(24)34(35)40/h3-19,29-31H,1-2H3/t29?,30-,31+/m0/s1. The van der Waals surface area contributed by atoms with Crippen LogP contribution in [0, 0.1) is 11.2 Å². The third-order valence-corrected chi connectivity index (χ3v) is 8.86. The summed E-state index contributed by atoms with van der Waals surface area (Å²) >= 11 is 0. The van der Waals surface area contributed by atoms with Gasteiger partial charge in [0.15, 0.2) is 28.8 Å². The van der Waals surface area contributed by atoms with Crippen molar-refractivity contribution in [1.82, 2.24) is 0 Å². The van der Waals surface area contributed by atoms with Crippen molar-refractivity contribution in [2.24, 2.45) is 5.41 Å². The predicted molar refractivity (Wildman–Crippen MR) is 156 cm³/mol. The number of rotatable bonds is 5. The summed E-state index contributed by atoms with van der Waals surface area (Å²) < 4.78 is 25.5. The van der Waals surface area contributed by atoms with Crippen LogP contribution in [0.4, 0.5) is 10.1 Å². The number of Topliss-reactive ketones (excluding diaryl/α,β-unsaturated/α-hetero) is 3. The molecule has 0 N–H and O–H groups in total. The van der Waals surface area contributed by atoms with E-state index in [-0.39, 0.29) is 17.3 Å². The van der Waals surface area contributed by atoms with E-state index in [1.807, 2.05) is 11.0 Å². The first-order chi connectivity index (χ1) is 20.4. The van der Waals surface area contributed by atoms with Gasteiger partial charge in [0.05, 0.1) is 20.3 Å². The lowest BCUT2D eigenvalue weighted by atomic mass is 9.64. The third-order valence-electron chi connectivity index (χ3n) is 8.86. The van der Waals surface area contributed by atoms with Gasteiger partial charge in [0.1, 0.15) is 17.3 Å². The van der Waals surface area contributed by atoms with Crippen molar-refractivity contribution in [1.29, 1.82) is 0 Å².